The normalized spacial score (nSPS) is 10.7. The highest BCUT2D eigenvalue weighted by Gasteiger charge is 2.10. The van der Waals surface area contributed by atoms with Crippen LogP contribution < -0.4 is 4.74 Å². The van der Waals surface area contributed by atoms with Crippen molar-refractivity contribution in [1.29, 1.82) is 0 Å². The fraction of sp³-hybridized carbons (Fsp3) is 0.0714. The quantitative estimate of drug-likeness (QED) is 0.362. The van der Waals surface area contributed by atoms with E-state index in [2.05, 4.69) is 0 Å². The number of nitro groups is 1. The van der Waals surface area contributed by atoms with E-state index in [-0.39, 0.29) is 17.4 Å². The van der Waals surface area contributed by atoms with Crippen LogP contribution in [-0.2, 0) is 0 Å². The predicted molar refractivity (Wildman–Crippen MR) is 71.7 cm³/mol. The Kier molecular flexibility index (Phi) is 3.95. The second-order valence-corrected chi connectivity index (χ2v) is 3.86. The highest BCUT2D eigenvalue weighted by Crippen LogP contribution is 2.17. The van der Waals surface area contributed by atoms with E-state index in [1.807, 2.05) is 0 Å². The first-order valence-electron chi connectivity index (χ1n) is 5.71. The summed E-state index contributed by atoms with van der Waals surface area (Å²) in [5.74, 6) is 0.319. The lowest BCUT2D eigenvalue weighted by Crippen LogP contribution is -1.93. The van der Waals surface area contributed by atoms with Crippen LogP contribution in [0.4, 0.5) is 5.88 Å². The molecule has 0 aliphatic rings. The van der Waals surface area contributed by atoms with Crippen LogP contribution in [0.5, 0.6) is 5.75 Å². The molecule has 2 rings (SSSR count). The van der Waals surface area contributed by atoms with Crippen LogP contribution in [0.1, 0.15) is 16.1 Å². The number of rotatable bonds is 5. The molecular formula is C14H11NO5. The molecule has 6 heteroatoms. The Morgan fingerprint density at radius 2 is 1.95 bits per heavy atom. The molecule has 0 bridgehead atoms. The Morgan fingerprint density at radius 1 is 1.25 bits per heavy atom. The van der Waals surface area contributed by atoms with Crippen molar-refractivity contribution >= 4 is 17.7 Å². The fourth-order valence-corrected chi connectivity index (χ4v) is 1.54. The molecule has 1 aromatic carbocycles. The van der Waals surface area contributed by atoms with Crippen LogP contribution >= 0.6 is 0 Å². The average molecular weight is 273 g/mol. The summed E-state index contributed by atoms with van der Waals surface area (Å²) in [6, 6.07) is 9.29. The van der Waals surface area contributed by atoms with Crippen molar-refractivity contribution in [3.05, 3.63) is 63.9 Å². The van der Waals surface area contributed by atoms with Gasteiger partial charge in [0, 0.05) is 5.56 Å². The Labute approximate surface area is 114 Å². The predicted octanol–water partition coefficient (Wildman–Crippen LogP) is 3.09. The summed E-state index contributed by atoms with van der Waals surface area (Å²) < 4.78 is 9.90. The van der Waals surface area contributed by atoms with E-state index in [0.29, 0.717) is 11.3 Å². The number of furan rings is 1. The number of hydrogen-bond donors (Lipinski definition) is 0. The summed E-state index contributed by atoms with van der Waals surface area (Å²) in [4.78, 5) is 21.7. The Bertz CT molecular complexity index is 654. The highest BCUT2D eigenvalue weighted by molar-refractivity contribution is 6.06. The van der Waals surface area contributed by atoms with Crippen LogP contribution in [0, 0.1) is 10.1 Å². The number of methoxy groups -OCH3 is 1. The molecule has 0 unspecified atom stereocenters. The molecule has 102 valence electrons. The zero-order valence-electron chi connectivity index (χ0n) is 10.6. The minimum absolute atomic E-state index is 0.230. The highest BCUT2D eigenvalue weighted by atomic mass is 16.6. The van der Waals surface area contributed by atoms with Crippen molar-refractivity contribution in [2.45, 2.75) is 0 Å². The summed E-state index contributed by atoms with van der Waals surface area (Å²) in [7, 11) is 1.54. The van der Waals surface area contributed by atoms with Gasteiger partial charge in [-0.05, 0) is 42.5 Å². The lowest BCUT2D eigenvalue weighted by atomic mass is 10.1. The minimum Gasteiger partial charge on any atom is -0.497 e. The zero-order chi connectivity index (χ0) is 14.5. The molecule has 0 radical (unpaired) electrons. The van der Waals surface area contributed by atoms with E-state index in [9.17, 15) is 14.9 Å². The van der Waals surface area contributed by atoms with E-state index < -0.39 is 4.92 Å². The Morgan fingerprint density at radius 3 is 2.50 bits per heavy atom. The van der Waals surface area contributed by atoms with Gasteiger partial charge in [0.2, 0.25) is 0 Å². The van der Waals surface area contributed by atoms with E-state index >= 15 is 0 Å². The number of hydrogen-bond acceptors (Lipinski definition) is 5. The molecule has 0 saturated heterocycles. The van der Waals surface area contributed by atoms with Crippen molar-refractivity contribution in [2.24, 2.45) is 0 Å². The largest absolute Gasteiger partial charge is 0.497 e. The summed E-state index contributed by atoms with van der Waals surface area (Å²) in [5.41, 5.74) is 0.489. The second kappa shape index (κ2) is 5.83. The molecule has 1 heterocycles. The van der Waals surface area contributed by atoms with Crippen LogP contribution in [-0.4, -0.2) is 17.8 Å². The number of allylic oxidation sites excluding steroid dienone is 1. The smallest absolute Gasteiger partial charge is 0.433 e. The maximum absolute atomic E-state index is 11.9. The molecule has 1 aromatic heterocycles. The van der Waals surface area contributed by atoms with Gasteiger partial charge in [-0.2, -0.15) is 0 Å². The summed E-state index contributed by atoms with van der Waals surface area (Å²) >= 11 is 0. The molecule has 0 aliphatic heterocycles. The number of carbonyl (C=O) groups excluding carboxylic acids is 1. The van der Waals surface area contributed by atoms with Crippen molar-refractivity contribution < 1.29 is 18.9 Å². The molecule has 2 aromatic rings. The lowest BCUT2D eigenvalue weighted by molar-refractivity contribution is -0.402. The number of benzene rings is 1. The van der Waals surface area contributed by atoms with Gasteiger partial charge in [0.15, 0.2) is 5.78 Å². The monoisotopic (exact) mass is 273 g/mol. The standard InChI is InChI=1S/C14H11NO5/c1-19-11-4-2-10(3-5-11)13(16)8-6-12-7-9-14(20-12)15(17)18/h2-9H,1H3. The first-order valence-corrected chi connectivity index (χ1v) is 5.71. The van der Waals surface area contributed by atoms with Crippen LogP contribution in [0.25, 0.3) is 6.08 Å². The van der Waals surface area contributed by atoms with Gasteiger partial charge in [0.1, 0.15) is 16.4 Å². The number of carbonyl (C=O) groups is 1. The zero-order valence-corrected chi connectivity index (χ0v) is 10.6. The first-order chi connectivity index (χ1) is 9.60. The van der Waals surface area contributed by atoms with Crippen LogP contribution in [0.2, 0.25) is 0 Å². The summed E-state index contributed by atoms with van der Waals surface area (Å²) in [6.45, 7) is 0. The molecular weight excluding hydrogens is 262 g/mol. The van der Waals surface area contributed by atoms with Gasteiger partial charge >= 0.3 is 5.88 Å². The minimum atomic E-state index is -0.636. The third-order valence-corrected chi connectivity index (χ3v) is 2.57. The average Bonchev–Trinajstić information content (AvgIpc) is 2.94. The molecule has 0 aliphatic carbocycles. The maximum Gasteiger partial charge on any atom is 0.433 e. The molecule has 0 atom stereocenters. The molecule has 0 fully saturated rings. The van der Waals surface area contributed by atoms with E-state index in [1.165, 1.54) is 24.3 Å². The summed E-state index contributed by atoms with van der Waals surface area (Å²) in [6.07, 6.45) is 2.68. The molecule has 6 nitrogen and oxygen atoms in total. The Balaban J connectivity index is 2.09. The fourth-order valence-electron chi connectivity index (χ4n) is 1.54. The number of ether oxygens (including phenoxy) is 1. The summed E-state index contributed by atoms with van der Waals surface area (Å²) in [5, 5.41) is 10.4. The van der Waals surface area contributed by atoms with E-state index in [1.54, 1.807) is 31.4 Å². The Hall–Kier alpha value is -2.89. The van der Waals surface area contributed by atoms with E-state index in [0.717, 1.165) is 0 Å². The van der Waals surface area contributed by atoms with Crippen molar-refractivity contribution in [3.8, 4) is 5.75 Å². The molecule has 0 spiro atoms. The van der Waals surface area contributed by atoms with E-state index in [4.69, 9.17) is 9.15 Å². The van der Waals surface area contributed by atoms with Crippen LogP contribution in [0.15, 0.2) is 46.9 Å². The van der Waals surface area contributed by atoms with Crippen molar-refractivity contribution in [3.63, 3.8) is 0 Å². The van der Waals surface area contributed by atoms with Crippen LogP contribution in [0.3, 0.4) is 0 Å². The third kappa shape index (κ3) is 3.11. The van der Waals surface area contributed by atoms with Crippen molar-refractivity contribution in [2.75, 3.05) is 7.11 Å². The first kappa shape index (κ1) is 13.5. The topological polar surface area (TPSA) is 82.6 Å². The van der Waals surface area contributed by atoms with Gasteiger partial charge in [0.25, 0.3) is 0 Å². The van der Waals surface area contributed by atoms with Crippen molar-refractivity contribution in [1.82, 2.24) is 0 Å². The molecule has 0 amide bonds. The van der Waals surface area contributed by atoms with Gasteiger partial charge in [-0.15, -0.1) is 0 Å². The maximum atomic E-state index is 11.9. The lowest BCUT2D eigenvalue weighted by Gasteiger charge is -1.99. The number of nitrogens with zero attached hydrogens (tertiary/aromatic N) is 1. The van der Waals surface area contributed by atoms with Gasteiger partial charge in [-0.1, -0.05) is 0 Å². The second-order valence-electron chi connectivity index (χ2n) is 3.86. The van der Waals surface area contributed by atoms with Gasteiger partial charge < -0.3 is 9.15 Å². The third-order valence-electron chi connectivity index (χ3n) is 2.57. The SMILES string of the molecule is COc1ccc(C(=O)C=Cc2ccc([N+](=O)[O-])o2)cc1. The molecule has 0 saturated carbocycles. The van der Waals surface area contributed by atoms with Gasteiger partial charge in [-0.25, -0.2) is 0 Å². The number of ketones is 1. The van der Waals surface area contributed by atoms with Gasteiger partial charge in [0.05, 0.1) is 13.2 Å². The van der Waals surface area contributed by atoms with Gasteiger partial charge in [-0.3, -0.25) is 14.9 Å². The molecule has 20 heavy (non-hydrogen) atoms. The molecule has 0 N–H and O–H groups in total.